The summed E-state index contributed by atoms with van der Waals surface area (Å²) in [5.74, 6) is 0.477. The molecule has 1 unspecified atom stereocenters. The van der Waals surface area contributed by atoms with Crippen molar-refractivity contribution < 1.29 is 13.2 Å². The standard InChI is InChI=1S/C23H26ClN3O3S3/c1-15-13-16(2)21-20(14-15)26(11-12-31-3)23(32-21)25-22(28)19-5-4-10-27(19)33(29,30)18-8-6-17(24)7-9-18/h6-9,13-14,19H,4-5,10-12H2,1-3H3. The fourth-order valence-electron chi connectivity index (χ4n) is 4.18. The zero-order valence-electron chi connectivity index (χ0n) is 18.7. The Bertz CT molecular complexity index is 1360. The molecule has 4 rings (SSSR count). The molecule has 0 N–H and O–H groups in total. The van der Waals surface area contributed by atoms with Crippen LogP contribution >= 0.6 is 34.7 Å². The molecule has 3 aromatic rings. The van der Waals surface area contributed by atoms with Gasteiger partial charge in [0.05, 0.1) is 15.1 Å². The first-order valence-electron chi connectivity index (χ1n) is 10.7. The van der Waals surface area contributed by atoms with Crippen LogP contribution in [0.25, 0.3) is 10.2 Å². The first-order chi connectivity index (χ1) is 15.7. The zero-order valence-corrected chi connectivity index (χ0v) is 22.0. The summed E-state index contributed by atoms with van der Waals surface area (Å²) in [4.78, 5) is 18.5. The molecule has 1 amide bonds. The SMILES string of the molecule is CSCCn1c(=NC(=O)C2CCCN2S(=O)(=O)c2ccc(Cl)cc2)sc2c(C)cc(C)cc21. The second kappa shape index (κ2) is 9.92. The number of sulfonamides is 1. The number of benzene rings is 2. The van der Waals surface area contributed by atoms with E-state index in [9.17, 15) is 13.2 Å². The van der Waals surface area contributed by atoms with Gasteiger partial charge in [-0.25, -0.2) is 8.42 Å². The van der Waals surface area contributed by atoms with Gasteiger partial charge in [0.1, 0.15) is 6.04 Å². The molecule has 1 aromatic heterocycles. The number of aromatic nitrogens is 1. The molecular formula is C23H26ClN3O3S3. The maximum absolute atomic E-state index is 13.3. The summed E-state index contributed by atoms with van der Waals surface area (Å²) in [6.07, 6.45) is 3.13. The molecule has 1 saturated heterocycles. The third-order valence-electron chi connectivity index (χ3n) is 5.75. The quantitative estimate of drug-likeness (QED) is 0.472. The van der Waals surface area contributed by atoms with Crippen molar-refractivity contribution in [2.75, 3.05) is 18.6 Å². The van der Waals surface area contributed by atoms with Crippen LogP contribution < -0.4 is 4.80 Å². The van der Waals surface area contributed by atoms with Gasteiger partial charge in [-0.3, -0.25) is 4.79 Å². The number of halogens is 1. The first kappa shape index (κ1) is 24.5. The molecule has 2 aromatic carbocycles. The molecule has 0 bridgehead atoms. The van der Waals surface area contributed by atoms with Gasteiger partial charge in [-0.1, -0.05) is 29.0 Å². The van der Waals surface area contributed by atoms with Crippen LogP contribution in [-0.4, -0.2) is 47.8 Å². The third-order valence-corrected chi connectivity index (χ3v) is 9.74. The number of fused-ring (bicyclic) bond motifs is 1. The first-order valence-corrected chi connectivity index (χ1v) is 14.7. The maximum atomic E-state index is 13.3. The number of carbonyl (C=O) groups is 1. The highest BCUT2D eigenvalue weighted by atomic mass is 35.5. The van der Waals surface area contributed by atoms with Crippen LogP contribution in [0.2, 0.25) is 5.02 Å². The minimum Gasteiger partial charge on any atom is -0.315 e. The average Bonchev–Trinajstić information content (AvgIpc) is 3.39. The number of amides is 1. The molecule has 0 radical (unpaired) electrons. The highest BCUT2D eigenvalue weighted by molar-refractivity contribution is 7.98. The summed E-state index contributed by atoms with van der Waals surface area (Å²) >= 11 is 9.14. The fourth-order valence-corrected chi connectivity index (χ4v) is 7.44. The average molecular weight is 524 g/mol. The van der Waals surface area contributed by atoms with Gasteiger partial charge in [0.15, 0.2) is 4.80 Å². The lowest BCUT2D eigenvalue weighted by Gasteiger charge is -2.21. The van der Waals surface area contributed by atoms with Gasteiger partial charge >= 0.3 is 0 Å². The molecule has 1 aliphatic rings. The molecular weight excluding hydrogens is 498 g/mol. The van der Waals surface area contributed by atoms with E-state index >= 15 is 0 Å². The Morgan fingerprint density at radius 1 is 1.24 bits per heavy atom. The van der Waals surface area contributed by atoms with Crippen LogP contribution in [-0.2, 0) is 21.4 Å². The predicted octanol–water partition coefficient (Wildman–Crippen LogP) is 4.62. The van der Waals surface area contributed by atoms with Crippen molar-refractivity contribution in [1.29, 1.82) is 0 Å². The van der Waals surface area contributed by atoms with E-state index in [4.69, 9.17) is 11.6 Å². The molecule has 176 valence electrons. The molecule has 0 aliphatic carbocycles. The lowest BCUT2D eigenvalue weighted by atomic mass is 10.1. The van der Waals surface area contributed by atoms with Crippen molar-refractivity contribution in [2.45, 2.75) is 44.2 Å². The Hall–Kier alpha value is -1.65. The number of thioether (sulfide) groups is 1. The van der Waals surface area contributed by atoms with Gasteiger partial charge < -0.3 is 4.57 Å². The zero-order chi connectivity index (χ0) is 23.8. The van der Waals surface area contributed by atoms with Crippen molar-refractivity contribution in [3.63, 3.8) is 0 Å². The highest BCUT2D eigenvalue weighted by Crippen LogP contribution is 2.28. The lowest BCUT2D eigenvalue weighted by molar-refractivity contribution is -0.121. The highest BCUT2D eigenvalue weighted by Gasteiger charge is 2.39. The van der Waals surface area contributed by atoms with E-state index in [1.54, 1.807) is 23.9 Å². The van der Waals surface area contributed by atoms with Crippen LogP contribution in [0.5, 0.6) is 0 Å². The van der Waals surface area contributed by atoms with E-state index in [0.717, 1.165) is 33.6 Å². The molecule has 33 heavy (non-hydrogen) atoms. The van der Waals surface area contributed by atoms with Crippen molar-refractivity contribution in [3.8, 4) is 0 Å². The van der Waals surface area contributed by atoms with E-state index in [2.05, 4.69) is 35.5 Å². The van der Waals surface area contributed by atoms with E-state index in [1.165, 1.54) is 27.8 Å². The van der Waals surface area contributed by atoms with Gasteiger partial charge in [-0.15, -0.1) is 0 Å². The van der Waals surface area contributed by atoms with Gasteiger partial charge in [0.2, 0.25) is 10.0 Å². The topological polar surface area (TPSA) is 71.7 Å². The minimum absolute atomic E-state index is 0.134. The molecule has 6 nitrogen and oxygen atoms in total. The van der Waals surface area contributed by atoms with Gasteiger partial charge in [0.25, 0.3) is 5.91 Å². The van der Waals surface area contributed by atoms with E-state index in [1.807, 2.05) is 6.26 Å². The summed E-state index contributed by atoms with van der Waals surface area (Å²) in [7, 11) is -3.82. The Kier molecular flexibility index (Phi) is 7.35. The maximum Gasteiger partial charge on any atom is 0.266 e. The van der Waals surface area contributed by atoms with E-state index < -0.39 is 22.0 Å². The van der Waals surface area contributed by atoms with Crippen LogP contribution in [0, 0.1) is 13.8 Å². The Morgan fingerprint density at radius 2 is 1.97 bits per heavy atom. The Labute approximate surface area is 207 Å². The number of thiazole rings is 1. The summed E-state index contributed by atoms with van der Waals surface area (Å²) in [6, 6.07) is 9.48. The summed E-state index contributed by atoms with van der Waals surface area (Å²) in [5, 5.41) is 0.461. The number of aryl methyl sites for hydroxylation is 3. The summed E-state index contributed by atoms with van der Waals surface area (Å²) in [5.41, 5.74) is 3.37. The number of hydrogen-bond donors (Lipinski definition) is 0. The van der Waals surface area contributed by atoms with Crippen LogP contribution in [0.15, 0.2) is 46.3 Å². The normalized spacial score (nSPS) is 17.8. The molecule has 2 heterocycles. The van der Waals surface area contributed by atoms with Crippen molar-refractivity contribution >= 4 is 60.8 Å². The van der Waals surface area contributed by atoms with E-state index in [0.29, 0.717) is 29.2 Å². The summed E-state index contributed by atoms with van der Waals surface area (Å²) < 4.78 is 30.9. The third kappa shape index (κ3) is 4.93. The lowest BCUT2D eigenvalue weighted by Crippen LogP contribution is -2.40. The number of nitrogens with zero attached hydrogens (tertiary/aromatic N) is 3. The van der Waals surface area contributed by atoms with Crippen LogP contribution in [0.4, 0.5) is 0 Å². The smallest absolute Gasteiger partial charge is 0.266 e. The molecule has 0 saturated carbocycles. The van der Waals surface area contributed by atoms with Gasteiger partial charge in [-0.2, -0.15) is 21.1 Å². The summed E-state index contributed by atoms with van der Waals surface area (Å²) in [6.45, 7) is 5.15. The fraction of sp³-hybridized carbons (Fsp3) is 0.391. The molecule has 1 aliphatic heterocycles. The molecule has 10 heteroatoms. The number of rotatable bonds is 6. The van der Waals surface area contributed by atoms with Crippen molar-refractivity contribution in [3.05, 3.63) is 57.3 Å². The van der Waals surface area contributed by atoms with Crippen molar-refractivity contribution in [2.24, 2.45) is 4.99 Å². The number of carbonyl (C=O) groups excluding carboxylic acids is 1. The minimum atomic E-state index is -3.82. The molecule has 1 fully saturated rings. The Balaban J connectivity index is 1.74. The molecule has 1 atom stereocenters. The van der Waals surface area contributed by atoms with Gasteiger partial charge in [-0.05, 0) is 74.4 Å². The van der Waals surface area contributed by atoms with Crippen LogP contribution in [0.3, 0.4) is 0 Å². The second-order valence-electron chi connectivity index (χ2n) is 8.14. The second-order valence-corrected chi connectivity index (χ2v) is 12.4. The van der Waals surface area contributed by atoms with Crippen LogP contribution in [0.1, 0.15) is 24.0 Å². The predicted molar refractivity (Wildman–Crippen MR) is 137 cm³/mol. The van der Waals surface area contributed by atoms with E-state index in [-0.39, 0.29) is 4.90 Å². The largest absolute Gasteiger partial charge is 0.315 e. The van der Waals surface area contributed by atoms with Gasteiger partial charge in [0, 0.05) is 23.9 Å². The molecule has 0 spiro atoms. The van der Waals surface area contributed by atoms with Crippen molar-refractivity contribution in [1.82, 2.24) is 8.87 Å². The number of hydrogen-bond acceptors (Lipinski definition) is 5. The monoisotopic (exact) mass is 523 g/mol. The Morgan fingerprint density at radius 3 is 2.67 bits per heavy atom.